The van der Waals surface area contributed by atoms with E-state index in [2.05, 4.69) is 0 Å². The highest BCUT2D eigenvalue weighted by Gasteiger charge is 2.37. The van der Waals surface area contributed by atoms with Gasteiger partial charge in [0.05, 0.1) is 33.0 Å². The van der Waals surface area contributed by atoms with Crippen molar-refractivity contribution in [2.24, 2.45) is 0 Å². The third-order valence-electron chi connectivity index (χ3n) is 5.99. The van der Waals surface area contributed by atoms with Crippen LogP contribution in [-0.2, 0) is 30.9 Å². The third kappa shape index (κ3) is 5.60. The van der Waals surface area contributed by atoms with Crippen molar-refractivity contribution in [1.82, 2.24) is 4.31 Å². The Labute approximate surface area is 216 Å². The normalized spacial score (nSPS) is 15.0. The van der Waals surface area contributed by atoms with Crippen LogP contribution in [0, 0.1) is 6.92 Å². The average Bonchev–Trinajstić information content (AvgIpc) is 2.92. The summed E-state index contributed by atoms with van der Waals surface area (Å²) in [5.41, 5.74) is 1.88. The first-order valence-electron chi connectivity index (χ1n) is 11.6. The van der Waals surface area contributed by atoms with Gasteiger partial charge in [-0.2, -0.15) is 4.31 Å². The van der Waals surface area contributed by atoms with Crippen molar-refractivity contribution in [1.29, 1.82) is 0 Å². The Bertz CT molecular complexity index is 1390. The fraction of sp³-hybridized carbons (Fsp3) is 0.259. The first-order valence-corrected chi connectivity index (χ1v) is 13.0. The van der Waals surface area contributed by atoms with Crippen molar-refractivity contribution in [2.45, 2.75) is 24.5 Å². The lowest BCUT2D eigenvalue weighted by molar-refractivity contribution is -0.148. The summed E-state index contributed by atoms with van der Waals surface area (Å²) in [7, 11) is -1.54. The van der Waals surface area contributed by atoms with E-state index in [-0.39, 0.29) is 23.7 Å². The molecule has 0 bridgehead atoms. The highest BCUT2D eigenvalue weighted by atomic mass is 32.2. The zero-order valence-electron chi connectivity index (χ0n) is 20.8. The number of carbonyl (C=O) groups is 2. The van der Waals surface area contributed by atoms with E-state index in [4.69, 9.17) is 14.2 Å². The Morgan fingerprint density at radius 1 is 1.03 bits per heavy atom. The summed E-state index contributed by atoms with van der Waals surface area (Å²) in [6.45, 7) is 1.15. The van der Waals surface area contributed by atoms with Crippen LogP contribution in [0.3, 0.4) is 0 Å². The topological polar surface area (TPSA) is 102 Å². The van der Waals surface area contributed by atoms with Gasteiger partial charge in [0.25, 0.3) is 0 Å². The molecule has 0 N–H and O–H groups in total. The number of aryl methyl sites for hydroxylation is 1. The van der Waals surface area contributed by atoms with Gasteiger partial charge < -0.3 is 19.1 Å². The molecule has 9 nitrogen and oxygen atoms in total. The summed E-state index contributed by atoms with van der Waals surface area (Å²) in [6.07, 6.45) is -1.04. The molecule has 37 heavy (non-hydrogen) atoms. The summed E-state index contributed by atoms with van der Waals surface area (Å²) >= 11 is 0. The van der Waals surface area contributed by atoms with Gasteiger partial charge in [-0.1, -0.05) is 48.5 Å². The Hall–Kier alpha value is -3.89. The molecule has 1 heterocycles. The van der Waals surface area contributed by atoms with Crippen LogP contribution in [-0.4, -0.2) is 58.0 Å². The molecule has 0 fully saturated rings. The van der Waals surface area contributed by atoms with Crippen LogP contribution in [0.4, 0.5) is 5.69 Å². The summed E-state index contributed by atoms with van der Waals surface area (Å²) in [5.74, 6) is -0.643. The molecule has 0 aromatic heterocycles. The number of amides is 1. The molecular formula is C27H28N2O7S. The summed E-state index contributed by atoms with van der Waals surface area (Å²) in [6, 6.07) is 20.6. The lowest BCUT2D eigenvalue weighted by Gasteiger charge is -2.34. The van der Waals surface area contributed by atoms with Crippen LogP contribution in [0.25, 0.3) is 0 Å². The van der Waals surface area contributed by atoms with E-state index in [0.29, 0.717) is 17.0 Å². The Morgan fingerprint density at radius 2 is 1.73 bits per heavy atom. The lowest BCUT2D eigenvalue weighted by Crippen LogP contribution is -2.50. The number of carbonyl (C=O) groups excluding carboxylic acids is 2. The molecular weight excluding hydrogens is 496 g/mol. The molecule has 10 heteroatoms. The number of methoxy groups -OCH3 is 2. The maximum atomic E-state index is 13.9. The minimum absolute atomic E-state index is 0.0338. The van der Waals surface area contributed by atoms with Gasteiger partial charge in [-0.3, -0.25) is 4.79 Å². The minimum Gasteiger partial charge on any atom is -0.495 e. The van der Waals surface area contributed by atoms with Gasteiger partial charge in [0, 0.05) is 6.54 Å². The van der Waals surface area contributed by atoms with Crippen LogP contribution in [0.15, 0.2) is 77.7 Å². The smallest absolute Gasteiger partial charge is 0.348 e. The zero-order valence-corrected chi connectivity index (χ0v) is 21.6. The maximum absolute atomic E-state index is 13.9. The second kappa shape index (κ2) is 11.0. The zero-order chi connectivity index (χ0) is 26.6. The number of anilines is 1. The number of rotatable bonds is 8. The van der Waals surface area contributed by atoms with Crippen LogP contribution in [0.5, 0.6) is 11.5 Å². The number of benzene rings is 3. The van der Waals surface area contributed by atoms with E-state index in [0.717, 1.165) is 9.87 Å². The lowest BCUT2D eigenvalue weighted by atomic mass is 10.2. The summed E-state index contributed by atoms with van der Waals surface area (Å²) in [4.78, 5) is 27.3. The minimum atomic E-state index is -4.17. The van der Waals surface area contributed by atoms with Crippen molar-refractivity contribution in [3.63, 3.8) is 0 Å². The highest BCUT2D eigenvalue weighted by Crippen LogP contribution is 2.34. The Kier molecular flexibility index (Phi) is 7.80. The van der Waals surface area contributed by atoms with Gasteiger partial charge in [-0.15, -0.1) is 0 Å². The molecule has 194 valence electrons. The van der Waals surface area contributed by atoms with E-state index < -0.39 is 34.5 Å². The van der Waals surface area contributed by atoms with E-state index >= 15 is 0 Å². The fourth-order valence-corrected chi connectivity index (χ4v) is 5.72. The van der Waals surface area contributed by atoms with Crippen molar-refractivity contribution >= 4 is 27.6 Å². The standard InChI is InChI=1S/C27H28N2O7S/c1-19-13-14-23(34-2)25(15-19)37(32,33)28(16-20-9-5-4-6-10-20)18-26(30)29-17-24(27(31)35-3)36-22-12-8-7-11-21(22)29/h4-15,24H,16-18H2,1-3H3. The quantitative estimate of drug-likeness (QED) is 0.417. The number of sulfonamides is 1. The molecule has 1 atom stereocenters. The molecule has 3 aromatic carbocycles. The number of fused-ring (bicyclic) bond motifs is 1. The Balaban J connectivity index is 1.72. The van der Waals surface area contributed by atoms with Gasteiger partial charge in [0.15, 0.2) is 0 Å². The number of nitrogens with zero attached hydrogens (tertiary/aromatic N) is 2. The monoisotopic (exact) mass is 524 g/mol. The SMILES string of the molecule is COC(=O)C1CN(C(=O)CN(Cc2ccccc2)S(=O)(=O)c2cc(C)ccc2OC)c2ccccc2O1. The van der Waals surface area contributed by atoms with Crippen LogP contribution in [0.2, 0.25) is 0 Å². The van der Waals surface area contributed by atoms with Gasteiger partial charge in [-0.05, 0) is 42.3 Å². The first kappa shape index (κ1) is 26.2. The van der Waals surface area contributed by atoms with E-state index in [1.165, 1.54) is 25.2 Å². The predicted octanol–water partition coefficient (Wildman–Crippen LogP) is 3.16. The second-order valence-corrected chi connectivity index (χ2v) is 10.4. The van der Waals surface area contributed by atoms with Gasteiger partial charge in [0.1, 0.15) is 16.4 Å². The number of para-hydroxylation sites is 2. The van der Waals surface area contributed by atoms with Crippen LogP contribution in [0.1, 0.15) is 11.1 Å². The van der Waals surface area contributed by atoms with Crippen molar-refractivity contribution in [2.75, 3.05) is 32.2 Å². The molecule has 0 aliphatic carbocycles. The molecule has 1 amide bonds. The molecule has 0 radical (unpaired) electrons. The largest absolute Gasteiger partial charge is 0.495 e. The van der Waals surface area contributed by atoms with Gasteiger partial charge >= 0.3 is 5.97 Å². The molecule has 3 aromatic rings. The summed E-state index contributed by atoms with van der Waals surface area (Å²) < 4.78 is 44.9. The van der Waals surface area contributed by atoms with Crippen molar-refractivity contribution < 1.29 is 32.2 Å². The average molecular weight is 525 g/mol. The fourth-order valence-electron chi connectivity index (χ4n) is 4.10. The van der Waals surface area contributed by atoms with Crippen LogP contribution >= 0.6 is 0 Å². The van der Waals surface area contributed by atoms with Crippen molar-refractivity contribution in [3.05, 3.63) is 83.9 Å². The molecule has 0 saturated heterocycles. The van der Waals surface area contributed by atoms with Gasteiger partial charge in [0.2, 0.25) is 22.0 Å². The van der Waals surface area contributed by atoms with Crippen molar-refractivity contribution in [3.8, 4) is 11.5 Å². The molecule has 1 aliphatic rings. The molecule has 4 rings (SSSR count). The summed E-state index contributed by atoms with van der Waals surface area (Å²) in [5, 5.41) is 0. The highest BCUT2D eigenvalue weighted by molar-refractivity contribution is 7.89. The predicted molar refractivity (Wildman–Crippen MR) is 137 cm³/mol. The molecule has 0 spiro atoms. The third-order valence-corrected chi connectivity index (χ3v) is 7.80. The Morgan fingerprint density at radius 3 is 2.43 bits per heavy atom. The maximum Gasteiger partial charge on any atom is 0.348 e. The number of hydrogen-bond acceptors (Lipinski definition) is 7. The van der Waals surface area contributed by atoms with E-state index in [1.807, 2.05) is 6.07 Å². The van der Waals surface area contributed by atoms with E-state index in [9.17, 15) is 18.0 Å². The number of hydrogen-bond donors (Lipinski definition) is 0. The second-order valence-electron chi connectivity index (χ2n) is 8.51. The molecule has 1 aliphatic heterocycles. The first-order chi connectivity index (χ1) is 17.7. The number of esters is 1. The van der Waals surface area contributed by atoms with E-state index in [1.54, 1.807) is 67.6 Å². The molecule has 1 unspecified atom stereocenters. The number of ether oxygens (including phenoxy) is 3. The van der Waals surface area contributed by atoms with Crippen LogP contribution < -0.4 is 14.4 Å². The molecule has 0 saturated carbocycles. The van der Waals surface area contributed by atoms with Gasteiger partial charge in [-0.25, -0.2) is 13.2 Å².